The molecule has 1 N–H and O–H groups in total. The van der Waals surface area contributed by atoms with Crippen molar-refractivity contribution in [2.45, 2.75) is 6.54 Å². The lowest BCUT2D eigenvalue weighted by Crippen LogP contribution is -2.46. The topological polar surface area (TPSA) is 100 Å². The normalized spacial score (nSPS) is 14.3. The fraction of sp³-hybridized carbons (Fsp3) is 0.200. The van der Waals surface area contributed by atoms with Crippen molar-refractivity contribution in [3.63, 3.8) is 0 Å². The highest BCUT2D eigenvalue weighted by Gasteiger charge is 2.22. The molecule has 0 aromatic carbocycles. The number of hydrogen-bond donors (Lipinski definition) is 1. The molecule has 6 heterocycles. The molecule has 0 saturated carbocycles. The molecule has 11 heteroatoms. The molecule has 5 aromatic heterocycles. The van der Waals surface area contributed by atoms with Crippen molar-refractivity contribution in [1.29, 1.82) is 0 Å². The molecular weight excluding hydrogens is 459 g/mol. The van der Waals surface area contributed by atoms with Gasteiger partial charge in [0.05, 0.1) is 11.9 Å². The number of nitrogens with one attached hydrogen (secondary N) is 1. The van der Waals surface area contributed by atoms with Crippen LogP contribution in [0.15, 0.2) is 73.6 Å². The summed E-state index contributed by atoms with van der Waals surface area (Å²) in [7, 11) is 0. The zero-order chi connectivity index (χ0) is 24.3. The molecule has 0 spiro atoms. The van der Waals surface area contributed by atoms with Gasteiger partial charge in [0.15, 0.2) is 11.6 Å². The number of pyridine rings is 2. The molecular formula is C25H23FN10. The third kappa shape index (κ3) is 4.43. The van der Waals surface area contributed by atoms with E-state index in [0.29, 0.717) is 29.6 Å². The number of anilines is 3. The number of halogens is 1. The Labute approximate surface area is 206 Å². The highest BCUT2D eigenvalue weighted by molar-refractivity contribution is 5.78. The highest BCUT2D eigenvalue weighted by Crippen LogP contribution is 2.28. The summed E-state index contributed by atoms with van der Waals surface area (Å²) in [4.78, 5) is 26.3. The molecule has 1 aliphatic heterocycles. The molecule has 0 atom stereocenters. The van der Waals surface area contributed by atoms with Crippen molar-refractivity contribution >= 4 is 23.0 Å². The maximum absolute atomic E-state index is 14.5. The second kappa shape index (κ2) is 9.62. The SMILES string of the molecule is Fc1cnccc1Nc1nc(-c2ccccn2)nn2ccc(CN3CCN(c4ncccn4)CC3)c12. The Morgan fingerprint density at radius 2 is 1.72 bits per heavy atom. The Morgan fingerprint density at radius 3 is 2.50 bits per heavy atom. The van der Waals surface area contributed by atoms with Crippen LogP contribution in [0.1, 0.15) is 5.56 Å². The van der Waals surface area contributed by atoms with Gasteiger partial charge in [0, 0.05) is 63.7 Å². The van der Waals surface area contributed by atoms with E-state index in [1.54, 1.807) is 35.4 Å². The van der Waals surface area contributed by atoms with E-state index in [1.165, 1.54) is 6.20 Å². The summed E-state index contributed by atoms with van der Waals surface area (Å²) in [6.07, 6.45) is 9.84. The number of piperazine rings is 1. The Bertz CT molecular complexity index is 1470. The number of rotatable bonds is 6. The lowest BCUT2D eigenvalue weighted by atomic mass is 10.2. The summed E-state index contributed by atoms with van der Waals surface area (Å²) in [6.45, 7) is 4.11. The van der Waals surface area contributed by atoms with Crippen LogP contribution in [0.25, 0.3) is 17.0 Å². The molecule has 10 nitrogen and oxygen atoms in total. The van der Waals surface area contributed by atoms with Crippen LogP contribution in [0.3, 0.4) is 0 Å². The Kier molecular flexibility index (Phi) is 5.88. The summed E-state index contributed by atoms with van der Waals surface area (Å²) in [5, 5.41) is 7.85. The van der Waals surface area contributed by atoms with Gasteiger partial charge < -0.3 is 10.2 Å². The molecule has 36 heavy (non-hydrogen) atoms. The maximum atomic E-state index is 14.5. The van der Waals surface area contributed by atoms with E-state index >= 15 is 0 Å². The first-order valence-corrected chi connectivity index (χ1v) is 11.6. The first-order chi connectivity index (χ1) is 17.7. The minimum atomic E-state index is -0.457. The van der Waals surface area contributed by atoms with Crippen LogP contribution < -0.4 is 10.2 Å². The number of fused-ring (bicyclic) bond motifs is 1. The van der Waals surface area contributed by atoms with Crippen LogP contribution in [0.2, 0.25) is 0 Å². The third-order valence-electron chi connectivity index (χ3n) is 6.12. The van der Waals surface area contributed by atoms with Crippen LogP contribution in [-0.4, -0.2) is 65.6 Å². The summed E-state index contributed by atoms with van der Waals surface area (Å²) >= 11 is 0. The molecule has 1 aliphatic rings. The second-order valence-corrected chi connectivity index (χ2v) is 8.43. The van der Waals surface area contributed by atoms with Gasteiger partial charge in [-0.05, 0) is 35.9 Å². The standard InChI is InChI=1S/C25H23FN10/c26-19-16-27-10-5-20(19)31-24-22-18(6-11-36(22)33-23(32-24)21-4-1-2-7-28-21)17-34-12-14-35(15-13-34)25-29-8-3-9-30-25/h1-11,16H,12-15,17H2,(H,27,31,32,33). The van der Waals surface area contributed by atoms with Crippen LogP contribution in [0.5, 0.6) is 0 Å². The van der Waals surface area contributed by atoms with Crippen LogP contribution in [0, 0.1) is 5.82 Å². The average Bonchev–Trinajstić information content (AvgIpc) is 3.34. The summed E-state index contributed by atoms with van der Waals surface area (Å²) in [5.41, 5.74) is 2.76. The largest absolute Gasteiger partial charge is 0.338 e. The molecule has 6 rings (SSSR count). The first-order valence-electron chi connectivity index (χ1n) is 11.6. The van der Waals surface area contributed by atoms with E-state index in [0.717, 1.165) is 43.2 Å². The lowest BCUT2D eigenvalue weighted by Gasteiger charge is -2.34. The fourth-order valence-electron chi connectivity index (χ4n) is 4.31. The molecule has 1 fully saturated rings. The quantitative estimate of drug-likeness (QED) is 0.391. The molecule has 0 bridgehead atoms. The van der Waals surface area contributed by atoms with Gasteiger partial charge in [-0.15, -0.1) is 5.10 Å². The highest BCUT2D eigenvalue weighted by atomic mass is 19.1. The van der Waals surface area contributed by atoms with Gasteiger partial charge in [-0.1, -0.05) is 6.07 Å². The van der Waals surface area contributed by atoms with E-state index in [-0.39, 0.29) is 0 Å². The fourth-order valence-corrected chi connectivity index (χ4v) is 4.31. The smallest absolute Gasteiger partial charge is 0.225 e. The molecule has 0 aliphatic carbocycles. The zero-order valence-electron chi connectivity index (χ0n) is 19.4. The zero-order valence-corrected chi connectivity index (χ0v) is 19.4. The van der Waals surface area contributed by atoms with Crippen molar-refractivity contribution < 1.29 is 4.39 Å². The Balaban J connectivity index is 1.31. The van der Waals surface area contributed by atoms with Gasteiger partial charge in [0.25, 0.3) is 0 Å². The summed E-state index contributed by atoms with van der Waals surface area (Å²) < 4.78 is 16.2. The first kappa shape index (κ1) is 22.0. The van der Waals surface area contributed by atoms with E-state index in [4.69, 9.17) is 4.98 Å². The van der Waals surface area contributed by atoms with Gasteiger partial charge >= 0.3 is 0 Å². The van der Waals surface area contributed by atoms with E-state index in [2.05, 4.69) is 40.2 Å². The molecule has 1 saturated heterocycles. The lowest BCUT2D eigenvalue weighted by molar-refractivity contribution is 0.249. The van der Waals surface area contributed by atoms with Crippen molar-refractivity contribution in [2.24, 2.45) is 0 Å². The number of nitrogens with zero attached hydrogens (tertiary/aromatic N) is 9. The minimum absolute atomic E-state index is 0.293. The van der Waals surface area contributed by atoms with E-state index in [1.807, 2.05) is 36.5 Å². The number of hydrogen-bond acceptors (Lipinski definition) is 9. The van der Waals surface area contributed by atoms with Crippen molar-refractivity contribution in [3.05, 3.63) is 85.0 Å². The molecule has 0 radical (unpaired) electrons. The maximum Gasteiger partial charge on any atom is 0.225 e. The summed E-state index contributed by atoms with van der Waals surface area (Å²) in [6, 6.07) is 11.0. The molecule has 0 amide bonds. The minimum Gasteiger partial charge on any atom is -0.338 e. The predicted molar refractivity (Wildman–Crippen MR) is 133 cm³/mol. The summed E-state index contributed by atoms with van der Waals surface area (Å²) in [5.74, 6) is 1.25. The van der Waals surface area contributed by atoms with Crippen LogP contribution in [0.4, 0.5) is 21.8 Å². The van der Waals surface area contributed by atoms with E-state index < -0.39 is 5.82 Å². The monoisotopic (exact) mass is 482 g/mol. The van der Waals surface area contributed by atoms with Gasteiger partial charge in [-0.3, -0.25) is 14.9 Å². The van der Waals surface area contributed by atoms with Gasteiger partial charge in [0.1, 0.15) is 11.2 Å². The Morgan fingerprint density at radius 1 is 0.889 bits per heavy atom. The molecule has 5 aromatic rings. The molecule has 180 valence electrons. The molecule has 0 unspecified atom stereocenters. The van der Waals surface area contributed by atoms with Crippen molar-refractivity contribution in [1.82, 2.24) is 39.4 Å². The van der Waals surface area contributed by atoms with Crippen molar-refractivity contribution in [3.8, 4) is 11.5 Å². The van der Waals surface area contributed by atoms with Gasteiger partial charge in [0.2, 0.25) is 11.8 Å². The van der Waals surface area contributed by atoms with Crippen LogP contribution >= 0.6 is 0 Å². The van der Waals surface area contributed by atoms with Crippen LogP contribution in [-0.2, 0) is 6.54 Å². The average molecular weight is 483 g/mol. The van der Waals surface area contributed by atoms with Gasteiger partial charge in [-0.25, -0.2) is 23.9 Å². The third-order valence-corrected chi connectivity index (χ3v) is 6.12. The van der Waals surface area contributed by atoms with E-state index in [9.17, 15) is 4.39 Å². The van der Waals surface area contributed by atoms with Gasteiger partial charge in [-0.2, -0.15) is 0 Å². The van der Waals surface area contributed by atoms with Crippen molar-refractivity contribution in [2.75, 3.05) is 36.4 Å². The second-order valence-electron chi connectivity index (χ2n) is 8.43. The number of aromatic nitrogens is 7. The predicted octanol–water partition coefficient (Wildman–Crippen LogP) is 3.18. The Hall–Kier alpha value is -4.51.